The maximum atomic E-state index is 13.5. The molecule has 1 saturated heterocycles. The third kappa shape index (κ3) is 4.28. The van der Waals surface area contributed by atoms with Crippen LogP contribution in [0.1, 0.15) is 11.6 Å². The van der Waals surface area contributed by atoms with Gasteiger partial charge in [0.15, 0.2) is 0 Å². The molecule has 0 spiro atoms. The van der Waals surface area contributed by atoms with Crippen molar-refractivity contribution in [2.45, 2.75) is 12.6 Å². The highest BCUT2D eigenvalue weighted by molar-refractivity contribution is 5.85. The van der Waals surface area contributed by atoms with Gasteiger partial charge in [0.05, 0.1) is 6.04 Å². The van der Waals surface area contributed by atoms with E-state index in [0.29, 0.717) is 25.2 Å². The SMILES string of the molecule is Cl.O=C(Cn1cnc([N+](=O)[O-])n1)N1CCNCC1c1cccc(F)c1. The number of nitrogens with zero attached hydrogens (tertiary/aromatic N) is 5. The molecule has 0 saturated carbocycles. The van der Waals surface area contributed by atoms with E-state index >= 15 is 0 Å². The zero-order chi connectivity index (χ0) is 17.1. The molecule has 2 heterocycles. The van der Waals surface area contributed by atoms with Crippen LogP contribution >= 0.6 is 12.4 Å². The third-order valence-corrected chi connectivity index (χ3v) is 3.78. The molecule has 0 bridgehead atoms. The first-order valence-electron chi connectivity index (χ1n) is 7.34. The molecule has 0 aliphatic carbocycles. The lowest BCUT2D eigenvalue weighted by Crippen LogP contribution is -2.49. The maximum Gasteiger partial charge on any atom is 0.490 e. The summed E-state index contributed by atoms with van der Waals surface area (Å²) in [5, 5.41) is 17.4. The van der Waals surface area contributed by atoms with Crippen LogP contribution in [0.3, 0.4) is 0 Å². The molecule has 25 heavy (non-hydrogen) atoms. The van der Waals surface area contributed by atoms with Gasteiger partial charge in [-0.2, -0.15) is 4.68 Å². The molecule has 1 fully saturated rings. The predicted molar refractivity (Wildman–Crippen MR) is 87.6 cm³/mol. The maximum absolute atomic E-state index is 13.5. The minimum absolute atomic E-state index is 0. The topological polar surface area (TPSA) is 106 Å². The zero-order valence-corrected chi connectivity index (χ0v) is 13.9. The lowest BCUT2D eigenvalue weighted by Gasteiger charge is -2.36. The van der Waals surface area contributed by atoms with Gasteiger partial charge in [0.1, 0.15) is 12.4 Å². The number of halogens is 2. The first kappa shape index (κ1) is 18.7. The molecule has 1 unspecified atom stereocenters. The van der Waals surface area contributed by atoms with Gasteiger partial charge in [-0.3, -0.25) is 4.79 Å². The van der Waals surface area contributed by atoms with Crippen molar-refractivity contribution in [1.82, 2.24) is 25.0 Å². The number of benzene rings is 1. The minimum Gasteiger partial charge on any atom is -0.390 e. The summed E-state index contributed by atoms with van der Waals surface area (Å²) in [7, 11) is 0. The van der Waals surface area contributed by atoms with Crippen LogP contribution in [-0.4, -0.2) is 50.1 Å². The summed E-state index contributed by atoms with van der Waals surface area (Å²) in [4.78, 5) is 27.6. The summed E-state index contributed by atoms with van der Waals surface area (Å²) in [6.07, 6.45) is 1.15. The van der Waals surface area contributed by atoms with Gasteiger partial charge in [0.2, 0.25) is 12.2 Å². The van der Waals surface area contributed by atoms with Gasteiger partial charge in [0, 0.05) is 24.7 Å². The summed E-state index contributed by atoms with van der Waals surface area (Å²) in [6, 6.07) is 5.81. The fourth-order valence-corrected chi connectivity index (χ4v) is 2.69. The Balaban J connectivity index is 0.00000225. The number of rotatable bonds is 4. The van der Waals surface area contributed by atoms with Crippen LogP contribution in [0.2, 0.25) is 0 Å². The van der Waals surface area contributed by atoms with E-state index < -0.39 is 10.9 Å². The van der Waals surface area contributed by atoms with E-state index in [2.05, 4.69) is 15.4 Å². The Morgan fingerprint density at radius 3 is 2.96 bits per heavy atom. The summed E-state index contributed by atoms with van der Waals surface area (Å²) < 4.78 is 14.6. The summed E-state index contributed by atoms with van der Waals surface area (Å²) in [6.45, 7) is 1.42. The zero-order valence-electron chi connectivity index (χ0n) is 13.0. The van der Waals surface area contributed by atoms with E-state index in [4.69, 9.17) is 0 Å². The summed E-state index contributed by atoms with van der Waals surface area (Å²) >= 11 is 0. The average Bonchev–Trinajstić information content (AvgIpc) is 3.03. The van der Waals surface area contributed by atoms with Crippen molar-refractivity contribution in [3.63, 3.8) is 0 Å². The largest absolute Gasteiger partial charge is 0.490 e. The van der Waals surface area contributed by atoms with E-state index in [1.807, 2.05) is 0 Å². The van der Waals surface area contributed by atoms with Gasteiger partial charge in [-0.1, -0.05) is 17.1 Å². The van der Waals surface area contributed by atoms with Crippen molar-refractivity contribution in [1.29, 1.82) is 0 Å². The fourth-order valence-electron chi connectivity index (χ4n) is 2.69. The molecule has 1 aromatic heterocycles. The second kappa shape index (κ2) is 7.99. The van der Waals surface area contributed by atoms with Crippen LogP contribution in [0.4, 0.5) is 10.3 Å². The lowest BCUT2D eigenvalue weighted by atomic mass is 10.0. The molecular weight excluding hydrogens is 355 g/mol. The number of aromatic nitrogens is 3. The standard InChI is InChI=1S/C14H15FN6O3.ClH/c15-11-3-1-2-10(6-11)12-7-16-4-5-20(12)13(22)8-19-9-17-14(18-19)21(23)24;/h1-3,6,9,12,16H,4-5,7-8H2;1H. The quantitative estimate of drug-likeness (QED) is 0.633. The van der Waals surface area contributed by atoms with Crippen LogP contribution in [0, 0.1) is 15.9 Å². The Hall–Kier alpha value is -2.59. The van der Waals surface area contributed by atoms with Gasteiger partial charge < -0.3 is 20.3 Å². The molecule has 1 atom stereocenters. The predicted octanol–water partition coefficient (Wildman–Crippen LogP) is 0.920. The average molecular weight is 371 g/mol. The highest BCUT2D eigenvalue weighted by atomic mass is 35.5. The number of piperazine rings is 1. The van der Waals surface area contributed by atoms with Crippen LogP contribution in [0.15, 0.2) is 30.6 Å². The Morgan fingerprint density at radius 2 is 2.28 bits per heavy atom. The first-order chi connectivity index (χ1) is 11.5. The van der Waals surface area contributed by atoms with E-state index in [1.54, 1.807) is 17.0 Å². The van der Waals surface area contributed by atoms with Crippen molar-refractivity contribution in [3.8, 4) is 0 Å². The van der Waals surface area contributed by atoms with Crippen molar-refractivity contribution in [3.05, 3.63) is 52.1 Å². The third-order valence-electron chi connectivity index (χ3n) is 3.78. The van der Waals surface area contributed by atoms with E-state index in [-0.39, 0.29) is 36.7 Å². The van der Waals surface area contributed by atoms with Gasteiger partial charge in [0.25, 0.3) is 0 Å². The van der Waals surface area contributed by atoms with Gasteiger partial charge in [-0.25, -0.2) is 4.39 Å². The molecular formula is C14H16ClFN6O3. The smallest absolute Gasteiger partial charge is 0.390 e. The molecule has 1 aliphatic rings. The second-order valence-corrected chi connectivity index (χ2v) is 5.36. The molecule has 134 valence electrons. The Kier molecular flexibility index (Phi) is 5.99. The Bertz CT molecular complexity index is 771. The van der Waals surface area contributed by atoms with Crippen LogP contribution in [-0.2, 0) is 11.3 Å². The van der Waals surface area contributed by atoms with Crippen molar-refractivity contribution in [2.24, 2.45) is 0 Å². The molecule has 1 amide bonds. The number of hydrogen-bond acceptors (Lipinski definition) is 6. The highest BCUT2D eigenvalue weighted by Crippen LogP contribution is 2.23. The second-order valence-electron chi connectivity index (χ2n) is 5.36. The van der Waals surface area contributed by atoms with E-state index in [0.717, 1.165) is 11.0 Å². The monoisotopic (exact) mass is 370 g/mol. The Morgan fingerprint density at radius 1 is 1.48 bits per heavy atom. The molecule has 2 aromatic rings. The molecule has 1 aliphatic heterocycles. The van der Waals surface area contributed by atoms with Gasteiger partial charge in [-0.05, 0) is 22.6 Å². The van der Waals surface area contributed by atoms with Gasteiger partial charge in [-0.15, -0.1) is 12.4 Å². The molecule has 0 radical (unpaired) electrons. The number of nitrogens with one attached hydrogen (secondary N) is 1. The normalized spacial score (nSPS) is 17.0. The highest BCUT2D eigenvalue weighted by Gasteiger charge is 2.29. The molecule has 9 nitrogen and oxygen atoms in total. The number of carbonyl (C=O) groups is 1. The van der Waals surface area contributed by atoms with Gasteiger partial charge >= 0.3 is 5.95 Å². The van der Waals surface area contributed by atoms with Crippen LogP contribution in [0.5, 0.6) is 0 Å². The number of nitro groups is 1. The van der Waals surface area contributed by atoms with Crippen molar-refractivity contribution >= 4 is 24.3 Å². The minimum atomic E-state index is -0.721. The fraction of sp³-hybridized carbons (Fsp3) is 0.357. The first-order valence-corrected chi connectivity index (χ1v) is 7.34. The van der Waals surface area contributed by atoms with Crippen molar-refractivity contribution in [2.75, 3.05) is 19.6 Å². The van der Waals surface area contributed by atoms with Crippen LogP contribution < -0.4 is 5.32 Å². The number of amides is 1. The molecule has 1 aromatic carbocycles. The number of carbonyl (C=O) groups excluding carboxylic acids is 1. The molecule has 3 rings (SSSR count). The summed E-state index contributed by atoms with van der Waals surface area (Å²) in [5.74, 6) is -1.17. The van der Waals surface area contributed by atoms with Crippen LogP contribution in [0.25, 0.3) is 0 Å². The number of hydrogen-bond donors (Lipinski definition) is 1. The lowest BCUT2D eigenvalue weighted by molar-refractivity contribution is -0.394. The van der Waals surface area contributed by atoms with Crippen molar-refractivity contribution < 1.29 is 14.1 Å². The van der Waals surface area contributed by atoms with E-state index in [1.165, 1.54) is 12.1 Å². The molecule has 1 N–H and O–H groups in total. The molecule has 11 heteroatoms. The Labute approximate surface area is 148 Å². The summed E-state index contributed by atoms with van der Waals surface area (Å²) in [5.41, 5.74) is 0.695. The van der Waals surface area contributed by atoms with E-state index in [9.17, 15) is 19.3 Å².